The van der Waals surface area contributed by atoms with E-state index in [4.69, 9.17) is 4.74 Å². The van der Waals surface area contributed by atoms with Crippen molar-refractivity contribution in [3.63, 3.8) is 0 Å². The van der Waals surface area contributed by atoms with Crippen LogP contribution in [-0.4, -0.2) is 41.1 Å². The summed E-state index contributed by atoms with van der Waals surface area (Å²) in [6.45, 7) is 9.44. The van der Waals surface area contributed by atoms with E-state index in [2.05, 4.69) is 42.4 Å². The third-order valence-electron chi connectivity index (χ3n) is 3.43. The molecule has 0 radical (unpaired) electrons. The van der Waals surface area contributed by atoms with Crippen molar-refractivity contribution in [1.29, 1.82) is 0 Å². The lowest BCUT2D eigenvalue weighted by Gasteiger charge is -2.30. The molecule has 0 unspecified atom stereocenters. The van der Waals surface area contributed by atoms with Crippen LogP contribution in [0.3, 0.4) is 0 Å². The molecule has 1 aromatic carbocycles. The molecule has 0 saturated carbocycles. The molecule has 0 fully saturated rings. The Morgan fingerprint density at radius 2 is 1.81 bits per heavy atom. The van der Waals surface area contributed by atoms with Gasteiger partial charge >= 0.3 is 0 Å². The molecule has 2 amide bonds. The highest BCUT2D eigenvalue weighted by Gasteiger charge is 2.20. The van der Waals surface area contributed by atoms with E-state index in [0.29, 0.717) is 11.5 Å². The number of rotatable bonds is 8. The molecule has 0 bridgehead atoms. The summed E-state index contributed by atoms with van der Waals surface area (Å²) in [5.41, 5.74) is 2.96. The van der Waals surface area contributed by atoms with Crippen LogP contribution in [0.5, 0.6) is 5.75 Å². The van der Waals surface area contributed by atoms with Crippen LogP contribution in [0, 0.1) is 0 Å². The number of ether oxygens (including phenoxy) is 1. The zero-order chi connectivity index (χ0) is 19.9. The molecule has 6 nitrogen and oxygen atoms in total. The zero-order valence-electron chi connectivity index (χ0n) is 15.7. The Kier molecular flexibility index (Phi) is 9.29. The monoisotopic (exact) mass is 489 g/mol. The molecular formula is C18H25Br2N3O3. The average Bonchev–Trinajstić information content (AvgIpc) is 2.51. The first-order chi connectivity index (χ1) is 12.1. The molecule has 1 aromatic rings. The van der Waals surface area contributed by atoms with Gasteiger partial charge < -0.3 is 9.64 Å². The molecule has 0 aliphatic rings. The van der Waals surface area contributed by atoms with E-state index in [9.17, 15) is 9.59 Å². The standard InChI is InChI=1S/C18H25Br2N3O3/c1-11(2)23(12(3)4)18(25)8-13(5)21-22-17(24)10-26-16-7-6-14(19)9-15(16)20/h6-7,9,11-12H,8,10H2,1-5H3,(H,22,24)/b21-13+. The van der Waals surface area contributed by atoms with Gasteiger partial charge in [0.25, 0.3) is 5.91 Å². The normalized spacial score (nSPS) is 11.7. The lowest BCUT2D eigenvalue weighted by molar-refractivity contribution is -0.133. The van der Waals surface area contributed by atoms with Gasteiger partial charge in [0.1, 0.15) is 5.75 Å². The second kappa shape index (κ2) is 10.7. The summed E-state index contributed by atoms with van der Waals surface area (Å²) in [7, 11) is 0. The number of nitrogens with one attached hydrogen (secondary N) is 1. The van der Waals surface area contributed by atoms with E-state index < -0.39 is 5.91 Å². The van der Waals surface area contributed by atoms with Crippen LogP contribution < -0.4 is 10.2 Å². The minimum Gasteiger partial charge on any atom is -0.483 e. The highest BCUT2D eigenvalue weighted by Crippen LogP contribution is 2.28. The minimum absolute atomic E-state index is 0.0134. The topological polar surface area (TPSA) is 71.0 Å². The summed E-state index contributed by atoms with van der Waals surface area (Å²) >= 11 is 6.72. The third-order valence-corrected chi connectivity index (χ3v) is 4.54. The van der Waals surface area contributed by atoms with Gasteiger partial charge in [-0.15, -0.1) is 0 Å². The molecule has 0 spiro atoms. The largest absolute Gasteiger partial charge is 0.483 e. The molecule has 0 atom stereocenters. The van der Waals surface area contributed by atoms with E-state index in [1.807, 2.05) is 39.8 Å². The fourth-order valence-electron chi connectivity index (χ4n) is 2.45. The van der Waals surface area contributed by atoms with Gasteiger partial charge in [-0.2, -0.15) is 5.10 Å². The first-order valence-electron chi connectivity index (χ1n) is 8.32. The van der Waals surface area contributed by atoms with E-state index in [1.165, 1.54) is 0 Å². The number of halogens is 2. The number of nitrogens with zero attached hydrogens (tertiary/aromatic N) is 2. The van der Waals surface area contributed by atoms with Crippen LogP contribution in [0.15, 0.2) is 32.2 Å². The quantitative estimate of drug-likeness (QED) is 0.440. The molecule has 1 N–H and O–H groups in total. The van der Waals surface area contributed by atoms with Gasteiger partial charge in [-0.3, -0.25) is 9.59 Å². The molecule has 1 rings (SSSR count). The van der Waals surface area contributed by atoms with Crippen molar-refractivity contribution in [2.75, 3.05) is 6.61 Å². The molecule has 0 aliphatic heterocycles. The van der Waals surface area contributed by atoms with Gasteiger partial charge in [-0.1, -0.05) is 15.9 Å². The maximum atomic E-state index is 12.4. The number of carbonyl (C=O) groups excluding carboxylic acids is 2. The highest BCUT2D eigenvalue weighted by molar-refractivity contribution is 9.11. The maximum Gasteiger partial charge on any atom is 0.277 e. The molecular weight excluding hydrogens is 466 g/mol. The Hall–Kier alpha value is -1.41. The summed E-state index contributed by atoms with van der Waals surface area (Å²) in [5.74, 6) is 0.153. The fraction of sp³-hybridized carbons (Fsp3) is 0.500. The lowest BCUT2D eigenvalue weighted by Crippen LogP contribution is -2.42. The number of benzene rings is 1. The van der Waals surface area contributed by atoms with Gasteiger partial charge in [0.2, 0.25) is 5.91 Å². The van der Waals surface area contributed by atoms with Crippen LogP contribution in [0.2, 0.25) is 0 Å². The first-order valence-corrected chi connectivity index (χ1v) is 9.91. The zero-order valence-corrected chi connectivity index (χ0v) is 18.8. The maximum absolute atomic E-state index is 12.4. The van der Waals surface area contributed by atoms with Crippen molar-refractivity contribution in [3.05, 3.63) is 27.1 Å². The SMILES string of the molecule is C/C(CC(=O)N(C(C)C)C(C)C)=N\NC(=O)COc1ccc(Br)cc1Br. The van der Waals surface area contributed by atoms with Crippen molar-refractivity contribution >= 4 is 49.4 Å². The number of carbonyl (C=O) groups is 2. The third kappa shape index (κ3) is 7.45. The predicted molar refractivity (Wildman–Crippen MR) is 110 cm³/mol. The van der Waals surface area contributed by atoms with E-state index in [-0.39, 0.29) is 31.0 Å². The van der Waals surface area contributed by atoms with Gasteiger partial charge in [0, 0.05) is 22.3 Å². The fourth-order valence-corrected chi connectivity index (χ4v) is 3.61. The molecule has 8 heteroatoms. The lowest BCUT2D eigenvalue weighted by atomic mass is 10.2. The Labute approximate surface area is 171 Å². The second-order valence-electron chi connectivity index (χ2n) is 6.41. The average molecular weight is 491 g/mol. The summed E-state index contributed by atoms with van der Waals surface area (Å²) in [6.07, 6.45) is 0.162. The highest BCUT2D eigenvalue weighted by atomic mass is 79.9. The van der Waals surface area contributed by atoms with Crippen LogP contribution in [0.4, 0.5) is 0 Å². The summed E-state index contributed by atoms with van der Waals surface area (Å²) in [5, 5.41) is 3.98. The minimum atomic E-state index is -0.392. The molecule has 26 heavy (non-hydrogen) atoms. The van der Waals surface area contributed by atoms with Crippen molar-refractivity contribution in [3.8, 4) is 5.75 Å². The van der Waals surface area contributed by atoms with Crippen LogP contribution in [0.1, 0.15) is 41.0 Å². The predicted octanol–water partition coefficient (Wildman–Crippen LogP) is 4.12. The van der Waals surface area contributed by atoms with Gasteiger partial charge in [-0.05, 0) is 68.7 Å². The van der Waals surface area contributed by atoms with Gasteiger partial charge in [-0.25, -0.2) is 5.43 Å². The first kappa shape index (κ1) is 22.6. The van der Waals surface area contributed by atoms with E-state index >= 15 is 0 Å². The van der Waals surface area contributed by atoms with Crippen LogP contribution >= 0.6 is 31.9 Å². The Morgan fingerprint density at radius 3 is 2.35 bits per heavy atom. The van der Waals surface area contributed by atoms with E-state index in [0.717, 1.165) is 8.95 Å². The number of hydrogen-bond acceptors (Lipinski definition) is 4. The summed E-state index contributed by atoms with van der Waals surface area (Å²) in [4.78, 5) is 26.0. The number of amides is 2. The number of hydrazone groups is 1. The Morgan fingerprint density at radius 1 is 1.19 bits per heavy atom. The smallest absolute Gasteiger partial charge is 0.277 e. The van der Waals surface area contributed by atoms with Crippen LogP contribution in [0.25, 0.3) is 0 Å². The Bertz CT molecular complexity index is 668. The molecule has 0 aliphatic carbocycles. The van der Waals surface area contributed by atoms with Crippen molar-refractivity contribution in [2.24, 2.45) is 5.10 Å². The molecule has 0 saturated heterocycles. The van der Waals surface area contributed by atoms with E-state index in [1.54, 1.807) is 17.9 Å². The second-order valence-corrected chi connectivity index (χ2v) is 8.18. The molecule has 0 aromatic heterocycles. The van der Waals surface area contributed by atoms with Crippen molar-refractivity contribution in [1.82, 2.24) is 10.3 Å². The molecule has 0 heterocycles. The van der Waals surface area contributed by atoms with Gasteiger partial charge in [0.05, 0.1) is 10.9 Å². The summed E-state index contributed by atoms with van der Waals surface area (Å²) < 4.78 is 7.09. The van der Waals surface area contributed by atoms with Crippen molar-refractivity contribution in [2.45, 2.75) is 53.1 Å². The van der Waals surface area contributed by atoms with Crippen molar-refractivity contribution < 1.29 is 14.3 Å². The van der Waals surface area contributed by atoms with Gasteiger partial charge in [0.15, 0.2) is 6.61 Å². The van der Waals surface area contributed by atoms with Crippen LogP contribution in [-0.2, 0) is 9.59 Å². The number of hydrogen-bond donors (Lipinski definition) is 1. The summed E-state index contributed by atoms with van der Waals surface area (Å²) in [6, 6.07) is 5.63. The molecule has 144 valence electrons. The Balaban J connectivity index is 2.52.